The summed E-state index contributed by atoms with van der Waals surface area (Å²) in [5.41, 5.74) is 3.06. The van der Waals surface area contributed by atoms with E-state index in [0.717, 1.165) is 48.6 Å². The third-order valence-electron chi connectivity index (χ3n) is 6.35. The van der Waals surface area contributed by atoms with Gasteiger partial charge in [0, 0.05) is 30.4 Å². The van der Waals surface area contributed by atoms with Gasteiger partial charge in [-0.05, 0) is 44.5 Å². The largest absolute Gasteiger partial charge is 0.352 e. The van der Waals surface area contributed by atoms with Crippen LogP contribution in [0.5, 0.6) is 0 Å². The quantitative estimate of drug-likeness (QED) is 0.456. The zero-order chi connectivity index (χ0) is 23.3. The van der Waals surface area contributed by atoms with Gasteiger partial charge in [0.05, 0.1) is 12.2 Å². The van der Waals surface area contributed by atoms with Crippen molar-refractivity contribution in [1.29, 1.82) is 0 Å². The molecule has 1 amide bonds. The van der Waals surface area contributed by atoms with Crippen LogP contribution in [0.25, 0.3) is 17.1 Å². The lowest BCUT2D eigenvalue weighted by atomic mass is 9.96. The monoisotopic (exact) mass is 456 g/mol. The number of para-hydroxylation sites is 1. The second-order valence-electron chi connectivity index (χ2n) is 8.62. The highest BCUT2D eigenvalue weighted by Crippen LogP contribution is 2.21. The third kappa shape index (κ3) is 4.92. The molecular weight excluding hydrogens is 428 g/mol. The predicted octanol–water partition coefficient (Wildman–Crippen LogP) is 3.76. The first-order chi connectivity index (χ1) is 16.7. The topological polar surface area (TPSA) is 89.1 Å². The maximum absolute atomic E-state index is 12.9. The number of nitrogens with zero attached hydrogens (tertiary/aromatic N) is 5. The summed E-state index contributed by atoms with van der Waals surface area (Å²) in [6, 6.07) is 17.9. The van der Waals surface area contributed by atoms with E-state index in [1.807, 2.05) is 66.2 Å². The first kappa shape index (κ1) is 22.0. The fraction of sp³-hybridized carbons (Fsp3) is 0.308. The number of carbonyl (C=O) groups excluding carboxylic acids is 1. The first-order valence-corrected chi connectivity index (χ1v) is 11.6. The van der Waals surface area contributed by atoms with Crippen LogP contribution in [0.3, 0.4) is 0 Å². The Morgan fingerprint density at radius 3 is 2.62 bits per heavy atom. The van der Waals surface area contributed by atoms with E-state index in [-0.39, 0.29) is 11.8 Å². The molecule has 1 saturated heterocycles. The molecule has 0 atom stereocenters. The van der Waals surface area contributed by atoms with Crippen molar-refractivity contribution in [3.05, 3.63) is 84.3 Å². The van der Waals surface area contributed by atoms with Crippen molar-refractivity contribution in [2.75, 3.05) is 13.1 Å². The van der Waals surface area contributed by atoms with E-state index < -0.39 is 0 Å². The number of likely N-dealkylation sites (tertiary alicyclic amines) is 1. The fourth-order valence-electron chi connectivity index (χ4n) is 4.42. The van der Waals surface area contributed by atoms with Crippen LogP contribution in [0.4, 0.5) is 0 Å². The molecule has 0 radical (unpaired) electrons. The minimum absolute atomic E-state index is 0.0148. The summed E-state index contributed by atoms with van der Waals surface area (Å²) in [4.78, 5) is 24.0. The number of nitrogens with one attached hydrogen (secondary N) is 1. The fourth-order valence-corrected chi connectivity index (χ4v) is 4.42. The normalized spacial score (nSPS) is 14.9. The Hall–Kier alpha value is -3.78. The molecule has 34 heavy (non-hydrogen) atoms. The van der Waals surface area contributed by atoms with Crippen molar-refractivity contribution >= 4 is 5.91 Å². The number of aromatic nitrogens is 4. The third-order valence-corrected chi connectivity index (χ3v) is 6.35. The molecular formula is C26H28N6O2. The molecule has 0 unspecified atom stereocenters. The molecule has 2 aromatic heterocycles. The lowest BCUT2D eigenvalue weighted by molar-refractivity contribution is -0.126. The number of carbonyl (C=O) groups is 1. The van der Waals surface area contributed by atoms with Gasteiger partial charge in [0.15, 0.2) is 0 Å². The van der Waals surface area contributed by atoms with Crippen molar-refractivity contribution in [3.8, 4) is 17.1 Å². The van der Waals surface area contributed by atoms with E-state index in [1.165, 1.54) is 0 Å². The Bertz CT molecular complexity index is 1240. The number of imidazole rings is 1. The van der Waals surface area contributed by atoms with Gasteiger partial charge in [-0.3, -0.25) is 9.69 Å². The van der Waals surface area contributed by atoms with Crippen LogP contribution in [-0.4, -0.2) is 43.6 Å². The Morgan fingerprint density at radius 2 is 1.85 bits per heavy atom. The number of aryl methyl sites for hydroxylation is 1. The minimum Gasteiger partial charge on any atom is -0.352 e. The van der Waals surface area contributed by atoms with E-state index >= 15 is 0 Å². The van der Waals surface area contributed by atoms with Crippen LogP contribution in [0.2, 0.25) is 0 Å². The average Bonchev–Trinajstić information content (AvgIpc) is 3.53. The van der Waals surface area contributed by atoms with Gasteiger partial charge in [0.1, 0.15) is 5.82 Å². The van der Waals surface area contributed by atoms with Crippen LogP contribution in [0, 0.1) is 12.8 Å². The molecule has 1 aliphatic heterocycles. The van der Waals surface area contributed by atoms with E-state index in [0.29, 0.717) is 24.8 Å². The highest BCUT2D eigenvalue weighted by Gasteiger charge is 2.26. The predicted molar refractivity (Wildman–Crippen MR) is 128 cm³/mol. The summed E-state index contributed by atoms with van der Waals surface area (Å²) >= 11 is 0. The number of amides is 1. The maximum atomic E-state index is 12.9. The van der Waals surface area contributed by atoms with E-state index in [2.05, 4.69) is 31.4 Å². The van der Waals surface area contributed by atoms with Crippen molar-refractivity contribution in [1.82, 2.24) is 29.9 Å². The molecule has 0 bridgehead atoms. The van der Waals surface area contributed by atoms with Gasteiger partial charge in [0.2, 0.25) is 17.6 Å². The molecule has 174 valence electrons. The van der Waals surface area contributed by atoms with Crippen LogP contribution in [0.1, 0.15) is 30.1 Å². The molecule has 8 nitrogen and oxygen atoms in total. The van der Waals surface area contributed by atoms with Crippen molar-refractivity contribution in [3.63, 3.8) is 0 Å². The Morgan fingerprint density at radius 1 is 1.09 bits per heavy atom. The molecule has 2 aromatic carbocycles. The van der Waals surface area contributed by atoms with Gasteiger partial charge >= 0.3 is 0 Å². The zero-order valence-electron chi connectivity index (χ0n) is 19.2. The van der Waals surface area contributed by atoms with Gasteiger partial charge in [-0.1, -0.05) is 53.7 Å². The second kappa shape index (κ2) is 10.0. The molecule has 0 aliphatic carbocycles. The van der Waals surface area contributed by atoms with E-state index in [1.54, 1.807) is 6.20 Å². The molecule has 4 aromatic rings. The Labute approximate surface area is 198 Å². The summed E-state index contributed by atoms with van der Waals surface area (Å²) in [6.45, 7) is 4.72. The minimum atomic E-state index is 0.0148. The van der Waals surface area contributed by atoms with Gasteiger partial charge in [-0.25, -0.2) is 4.98 Å². The SMILES string of the molecule is Cc1nccn1-c1ccccc1CNC(=O)C1CCN(Cc2nc(-c3ccccc3)no2)CC1. The average molecular weight is 457 g/mol. The smallest absolute Gasteiger partial charge is 0.241 e. The summed E-state index contributed by atoms with van der Waals surface area (Å²) in [7, 11) is 0. The van der Waals surface area contributed by atoms with Crippen molar-refractivity contribution < 1.29 is 9.32 Å². The summed E-state index contributed by atoms with van der Waals surface area (Å²) in [6.07, 6.45) is 5.36. The van der Waals surface area contributed by atoms with Crippen LogP contribution >= 0.6 is 0 Å². The lowest BCUT2D eigenvalue weighted by Crippen LogP contribution is -2.40. The zero-order valence-corrected chi connectivity index (χ0v) is 19.2. The van der Waals surface area contributed by atoms with Crippen LogP contribution in [-0.2, 0) is 17.9 Å². The second-order valence-corrected chi connectivity index (χ2v) is 8.62. The van der Waals surface area contributed by atoms with Gasteiger partial charge in [-0.15, -0.1) is 0 Å². The summed E-state index contributed by atoms with van der Waals surface area (Å²) in [5.74, 6) is 2.26. The van der Waals surface area contributed by atoms with E-state index in [9.17, 15) is 4.79 Å². The highest BCUT2D eigenvalue weighted by molar-refractivity contribution is 5.78. The molecule has 1 aliphatic rings. The maximum Gasteiger partial charge on any atom is 0.241 e. The number of piperidine rings is 1. The molecule has 5 rings (SSSR count). The molecule has 8 heteroatoms. The van der Waals surface area contributed by atoms with Crippen LogP contribution < -0.4 is 5.32 Å². The summed E-state index contributed by atoms with van der Waals surface area (Å²) < 4.78 is 7.49. The Balaban J connectivity index is 1.13. The lowest BCUT2D eigenvalue weighted by Gasteiger charge is -2.30. The Kier molecular flexibility index (Phi) is 6.49. The van der Waals surface area contributed by atoms with E-state index in [4.69, 9.17) is 4.52 Å². The standard InChI is InChI=1S/C26H28N6O2/c1-19-27-13-16-32(19)23-10-6-5-9-22(23)17-28-26(33)21-11-14-31(15-12-21)18-24-29-25(30-34-24)20-7-3-2-4-8-20/h2-10,13,16,21H,11-12,14-15,17-18H2,1H3,(H,28,33). The van der Waals surface area contributed by atoms with Crippen LogP contribution in [0.15, 0.2) is 71.5 Å². The molecule has 3 heterocycles. The highest BCUT2D eigenvalue weighted by atomic mass is 16.5. The van der Waals surface area contributed by atoms with Crippen molar-refractivity contribution in [2.24, 2.45) is 5.92 Å². The van der Waals surface area contributed by atoms with Gasteiger partial charge in [-0.2, -0.15) is 4.98 Å². The van der Waals surface area contributed by atoms with Gasteiger partial charge < -0.3 is 14.4 Å². The number of hydrogen-bond donors (Lipinski definition) is 1. The number of hydrogen-bond acceptors (Lipinski definition) is 6. The summed E-state index contributed by atoms with van der Waals surface area (Å²) in [5, 5.41) is 7.24. The molecule has 1 N–H and O–H groups in total. The number of benzene rings is 2. The molecule has 1 fully saturated rings. The first-order valence-electron chi connectivity index (χ1n) is 11.6. The molecule has 0 spiro atoms. The van der Waals surface area contributed by atoms with Gasteiger partial charge in [0.25, 0.3) is 0 Å². The molecule has 0 saturated carbocycles. The van der Waals surface area contributed by atoms with Crippen molar-refractivity contribution in [2.45, 2.75) is 32.9 Å². The number of rotatable bonds is 7.